The summed E-state index contributed by atoms with van der Waals surface area (Å²) in [4.78, 5) is 9.52. The zero-order chi connectivity index (χ0) is 20.6. The summed E-state index contributed by atoms with van der Waals surface area (Å²) in [7, 11) is 2.10. The number of nitrogens with zero attached hydrogens (tertiary/aromatic N) is 4. The molecule has 4 nitrogen and oxygen atoms in total. The van der Waals surface area contributed by atoms with Gasteiger partial charge < -0.3 is 4.57 Å². The Morgan fingerprint density at radius 3 is 2.60 bits per heavy atom. The highest BCUT2D eigenvalue weighted by Gasteiger charge is 2.30. The molecule has 3 aromatic carbocycles. The van der Waals surface area contributed by atoms with Crippen LogP contribution in [0.25, 0.3) is 38.6 Å². The van der Waals surface area contributed by atoms with E-state index in [1.165, 1.54) is 49.8 Å². The number of hydrogen-bond acceptors (Lipinski definition) is 2. The van der Waals surface area contributed by atoms with E-state index < -0.39 is 0 Å². The summed E-state index contributed by atoms with van der Waals surface area (Å²) in [6.07, 6.45) is 4.95. The largest absolute Gasteiger partial charge is 0.302 e. The summed E-state index contributed by atoms with van der Waals surface area (Å²) >= 11 is 0. The number of fused-ring (bicyclic) bond motifs is 6. The van der Waals surface area contributed by atoms with Crippen LogP contribution >= 0.6 is 0 Å². The Morgan fingerprint density at radius 2 is 1.77 bits per heavy atom. The highest BCUT2D eigenvalue weighted by Crippen LogP contribution is 2.43. The third-order valence-electron chi connectivity index (χ3n) is 6.39. The lowest BCUT2D eigenvalue weighted by Crippen LogP contribution is -2.32. The fourth-order valence-electron chi connectivity index (χ4n) is 5.11. The fraction of sp³-hybridized carbons (Fsp3) is 0.192. The number of imidazole rings is 1. The van der Waals surface area contributed by atoms with E-state index >= 15 is 0 Å². The van der Waals surface area contributed by atoms with Crippen LogP contribution in [0.5, 0.6) is 0 Å². The minimum atomic E-state index is 0.847. The Hall–Kier alpha value is -3.53. The number of aromatic nitrogens is 4. The monoisotopic (exact) mass is 391 g/mol. The normalized spacial score (nSPS) is 12.5. The first kappa shape index (κ1) is 17.3. The van der Waals surface area contributed by atoms with Crippen LogP contribution in [0.3, 0.4) is 0 Å². The lowest BCUT2D eigenvalue weighted by Gasteiger charge is -2.18. The predicted molar refractivity (Wildman–Crippen MR) is 120 cm³/mol. The van der Waals surface area contributed by atoms with Gasteiger partial charge in [-0.3, -0.25) is 0 Å². The van der Waals surface area contributed by atoms with Crippen molar-refractivity contribution < 1.29 is 4.57 Å². The molecule has 0 saturated heterocycles. The third-order valence-corrected chi connectivity index (χ3v) is 6.39. The van der Waals surface area contributed by atoms with Crippen molar-refractivity contribution in [2.24, 2.45) is 7.05 Å². The minimum absolute atomic E-state index is 0.847. The molecule has 2 aromatic heterocycles. The van der Waals surface area contributed by atoms with Gasteiger partial charge in [0.15, 0.2) is 5.52 Å². The van der Waals surface area contributed by atoms with Crippen LogP contribution in [0, 0.1) is 20.8 Å². The highest BCUT2D eigenvalue weighted by atomic mass is 15.1. The van der Waals surface area contributed by atoms with E-state index in [9.17, 15) is 0 Å². The minimum Gasteiger partial charge on any atom is -0.302 e. The molecular weight excluding hydrogens is 368 g/mol. The Labute approximate surface area is 175 Å². The van der Waals surface area contributed by atoms with Gasteiger partial charge in [0, 0.05) is 23.6 Å². The molecule has 146 valence electrons. The van der Waals surface area contributed by atoms with Crippen molar-refractivity contribution >= 4 is 21.7 Å². The predicted octanol–water partition coefficient (Wildman–Crippen LogP) is 4.89. The molecule has 0 bridgehead atoms. The Bertz CT molecular complexity index is 1510. The molecule has 0 atom stereocenters. The molecule has 0 aliphatic carbocycles. The number of aryl methyl sites for hydroxylation is 4. The van der Waals surface area contributed by atoms with E-state index in [4.69, 9.17) is 9.97 Å². The molecule has 0 unspecified atom stereocenters. The molecule has 0 amide bonds. The summed E-state index contributed by atoms with van der Waals surface area (Å²) in [5, 5.41) is 3.77. The topological polar surface area (TPSA) is 34.6 Å². The SMILES string of the molecule is Cc1ccc2c(-c3c4c(c5ccccc5c3C)-n3cc(C)nc3C4)[n+](C)cnc2c1. The van der Waals surface area contributed by atoms with Crippen molar-refractivity contribution in [3.05, 3.63) is 83.2 Å². The molecule has 3 heterocycles. The quantitative estimate of drug-likeness (QED) is 0.374. The molecule has 0 saturated carbocycles. The standard InChI is InChI=1S/C26H23N4/c1-15-9-10-20-22(11-15)27-14-29(4)26(20)24-17(3)18-7-5-6-8-19(18)25-21(24)12-23-28-16(2)13-30(23)25/h5-11,13-14H,12H2,1-4H3/q+1. The van der Waals surface area contributed by atoms with Gasteiger partial charge in [-0.25, -0.2) is 9.55 Å². The van der Waals surface area contributed by atoms with Crippen LogP contribution in [0.4, 0.5) is 0 Å². The summed E-state index contributed by atoms with van der Waals surface area (Å²) in [6.45, 7) is 6.44. The smallest absolute Gasteiger partial charge is 0.287 e. The van der Waals surface area contributed by atoms with Crippen molar-refractivity contribution in [1.29, 1.82) is 0 Å². The Balaban J connectivity index is 1.81. The lowest BCUT2D eigenvalue weighted by atomic mass is 9.89. The number of hydrogen-bond donors (Lipinski definition) is 0. The highest BCUT2D eigenvalue weighted by molar-refractivity contribution is 6.03. The Kier molecular flexibility index (Phi) is 3.46. The van der Waals surface area contributed by atoms with Gasteiger partial charge in [-0.15, -0.1) is 0 Å². The number of benzene rings is 3. The molecule has 5 aromatic rings. The third kappa shape index (κ3) is 2.25. The van der Waals surface area contributed by atoms with Gasteiger partial charge in [0.25, 0.3) is 6.33 Å². The molecule has 1 aliphatic heterocycles. The van der Waals surface area contributed by atoms with Gasteiger partial charge in [0.1, 0.15) is 11.5 Å². The molecule has 4 heteroatoms. The maximum Gasteiger partial charge on any atom is 0.287 e. The van der Waals surface area contributed by atoms with E-state index in [1.807, 2.05) is 6.33 Å². The molecule has 0 N–H and O–H groups in total. The van der Waals surface area contributed by atoms with E-state index in [2.05, 4.69) is 85.6 Å². The van der Waals surface area contributed by atoms with Crippen LogP contribution in [0.1, 0.15) is 28.2 Å². The van der Waals surface area contributed by atoms with Gasteiger partial charge in [-0.2, -0.15) is 0 Å². The van der Waals surface area contributed by atoms with E-state index in [0.29, 0.717) is 0 Å². The summed E-state index contributed by atoms with van der Waals surface area (Å²) in [6, 6.07) is 15.3. The first-order valence-electron chi connectivity index (χ1n) is 10.4. The molecule has 0 radical (unpaired) electrons. The van der Waals surface area contributed by atoms with Gasteiger partial charge in [-0.1, -0.05) is 30.3 Å². The first-order chi connectivity index (χ1) is 14.5. The molecule has 0 fully saturated rings. The fourth-order valence-corrected chi connectivity index (χ4v) is 5.11. The van der Waals surface area contributed by atoms with E-state index in [-0.39, 0.29) is 0 Å². The van der Waals surface area contributed by atoms with Crippen LogP contribution in [0.2, 0.25) is 0 Å². The first-order valence-corrected chi connectivity index (χ1v) is 10.4. The maximum absolute atomic E-state index is 4.82. The molecule has 6 rings (SSSR count). The van der Waals surface area contributed by atoms with Crippen LogP contribution in [0.15, 0.2) is 55.0 Å². The van der Waals surface area contributed by atoms with Gasteiger partial charge >= 0.3 is 0 Å². The second-order valence-electron chi connectivity index (χ2n) is 8.44. The second kappa shape index (κ2) is 5.99. The van der Waals surface area contributed by atoms with Crippen LogP contribution < -0.4 is 4.57 Å². The average Bonchev–Trinajstić information content (AvgIpc) is 3.25. The Morgan fingerprint density at radius 1 is 0.967 bits per heavy atom. The van der Waals surface area contributed by atoms with Crippen molar-refractivity contribution in [1.82, 2.24) is 14.5 Å². The summed E-state index contributed by atoms with van der Waals surface area (Å²) < 4.78 is 4.46. The zero-order valence-electron chi connectivity index (χ0n) is 17.7. The summed E-state index contributed by atoms with van der Waals surface area (Å²) in [5.74, 6) is 1.12. The van der Waals surface area contributed by atoms with Gasteiger partial charge in [0.2, 0.25) is 0 Å². The molecule has 0 spiro atoms. The lowest BCUT2D eigenvalue weighted by molar-refractivity contribution is -0.662. The number of rotatable bonds is 1. The van der Waals surface area contributed by atoms with E-state index in [1.54, 1.807) is 0 Å². The van der Waals surface area contributed by atoms with Gasteiger partial charge in [0.05, 0.1) is 23.8 Å². The van der Waals surface area contributed by atoms with Crippen molar-refractivity contribution in [2.45, 2.75) is 27.2 Å². The van der Waals surface area contributed by atoms with E-state index in [0.717, 1.165) is 23.5 Å². The molecule has 30 heavy (non-hydrogen) atoms. The average molecular weight is 391 g/mol. The van der Waals surface area contributed by atoms with Crippen molar-refractivity contribution in [3.8, 4) is 16.9 Å². The summed E-state index contributed by atoms with van der Waals surface area (Å²) in [5.41, 5.74) is 9.82. The molecule has 1 aliphatic rings. The van der Waals surface area contributed by atoms with Crippen LogP contribution in [-0.2, 0) is 13.5 Å². The maximum atomic E-state index is 4.82. The zero-order valence-corrected chi connectivity index (χ0v) is 17.7. The van der Waals surface area contributed by atoms with Gasteiger partial charge in [-0.05, 0) is 60.0 Å². The molecular formula is C26H23N4+. The van der Waals surface area contributed by atoms with Crippen molar-refractivity contribution in [2.75, 3.05) is 0 Å². The van der Waals surface area contributed by atoms with Crippen molar-refractivity contribution in [3.63, 3.8) is 0 Å². The van der Waals surface area contributed by atoms with Crippen LogP contribution in [-0.4, -0.2) is 14.5 Å². The second-order valence-corrected chi connectivity index (χ2v) is 8.44.